The van der Waals surface area contributed by atoms with E-state index in [1.165, 1.54) is 24.3 Å². The SMILES string of the molecule is O=C(Oc1ccc([N+](=O)[O-])cc1)C1COC(c2ccccc2)(c2ccccc2)[N+]1=O. The van der Waals surface area contributed by atoms with Gasteiger partial charge in [0.15, 0.2) is 0 Å². The normalized spacial score (nSPS) is 17.5. The summed E-state index contributed by atoms with van der Waals surface area (Å²) in [6.07, 6.45) is 0. The lowest BCUT2D eigenvalue weighted by Gasteiger charge is -2.20. The van der Waals surface area contributed by atoms with Crippen molar-refractivity contribution in [1.82, 2.24) is 0 Å². The number of carbonyl (C=O) groups excluding carboxylic acids is 1. The van der Waals surface area contributed by atoms with Crippen LogP contribution in [0.25, 0.3) is 0 Å². The molecule has 0 aliphatic carbocycles. The minimum atomic E-state index is -1.48. The largest absolute Gasteiger partial charge is 0.421 e. The molecule has 1 fully saturated rings. The van der Waals surface area contributed by atoms with Crippen LogP contribution in [-0.2, 0) is 15.3 Å². The summed E-state index contributed by atoms with van der Waals surface area (Å²) in [6, 6.07) is 21.7. The van der Waals surface area contributed by atoms with Gasteiger partial charge >= 0.3 is 17.7 Å². The lowest BCUT2D eigenvalue weighted by atomic mass is 9.94. The maximum atomic E-state index is 13.4. The summed E-state index contributed by atoms with van der Waals surface area (Å²) in [5.41, 5.74) is -0.424. The predicted octanol–water partition coefficient (Wildman–Crippen LogP) is 3.58. The van der Waals surface area contributed by atoms with Crippen LogP contribution in [0.2, 0.25) is 0 Å². The fraction of sp³-hybridized carbons (Fsp3) is 0.136. The van der Waals surface area contributed by atoms with Gasteiger partial charge in [0.25, 0.3) is 5.69 Å². The third kappa shape index (κ3) is 3.33. The van der Waals surface area contributed by atoms with Crippen molar-refractivity contribution in [2.75, 3.05) is 6.61 Å². The van der Waals surface area contributed by atoms with E-state index in [0.717, 1.165) is 0 Å². The molecule has 1 aliphatic heterocycles. The topological polar surface area (TPSA) is 98.8 Å². The minimum Gasteiger partial charge on any atom is -0.421 e. The van der Waals surface area contributed by atoms with Gasteiger partial charge in [-0.05, 0) is 36.4 Å². The summed E-state index contributed by atoms with van der Waals surface area (Å²) in [5.74, 6) is -0.691. The summed E-state index contributed by atoms with van der Waals surface area (Å²) >= 11 is 0. The Morgan fingerprint density at radius 2 is 1.50 bits per heavy atom. The van der Waals surface area contributed by atoms with Crippen LogP contribution in [0.5, 0.6) is 5.75 Å². The molecule has 0 amide bonds. The van der Waals surface area contributed by atoms with Crippen LogP contribution in [0, 0.1) is 15.0 Å². The number of hydrogen-bond acceptors (Lipinski definition) is 6. The molecule has 1 unspecified atom stereocenters. The van der Waals surface area contributed by atoms with Gasteiger partial charge in [0, 0.05) is 17.0 Å². The molecule has 0 radical (unpaired) electrons. The summed E-state index contributed by atoms with van der Waals surface area (Å²) < 4.78 is 11.9. The van der Waals surface area contributed by atoms with E-state index in [-0.39, 0.29) is 18.0 Å². The Labute approximate surface area is 171 Å². The summed E-state index contributed by atoms with van der Waals surface area (Å²) in [6.45, 7) is -0.168. The molecule has 0 spiro atoms. The van der Waals surface area contributed by atoms with Crippen molar-refractivity contribution in [3.05, 3.63) is 111 Å². The fourth-order valence-corrected chi connectivity index (χ4v) is 3.45. The maximum Gasteiger partial charge on any atom is 0.388 e. The van der Waals surface area contributed by atoms with Gasteiger partial charge in [-0.2, -0.15) is 0 Å². The molecule has 30 heavy (non-hydrogen) atoms. The number of hydrogen-bond donors (Lipinski definition) is 0. The van der Waals surface area contributed by atoms with Crippen molar-refractivity contribution in [2.45, 2.75) is 11.8 Å². The van der Waals surface area contributed by atoms with Gasteiger partial charge in [-0.3, -0.25) is 10.1 Å². The van der Waals surface area contributed by atoms with Crippen molar-refractivity contribution in [2.24, 2.45) is 0 Å². The highest BCUT2D eigenvalue weighted by Crippen LogP contribution is 2.40. The molecule has 0 N–H and O–H groups in total. The molecule has 1 atom stereocenters. The number of benzene rings is 3. The molecule has 4 rings (SSSR count). The van der Waals surface area contributed by atoms with E-state index >= 15 is 0 Å². The van der Waals surface area contributed by atoms with E-state index in [9.17, 15) is 19.8 Å². The molecule has 150 valence electrons. The first-order valence-electron chi connectivity index (χ1n) is 9.20. The molecule has 0 bridgehead atoms. The van der Waals surface area contributed by atoms with Gasteiger partial charge < -0.3 is 9.47 Å². The number of carbonyl (C=O) groups is 1. The molecule has 8 nitrogen and oxygen atoms in total. The standard InChI is InChI=1S/C22H17N2O6/c25-21(30-19-13-11-18(12-14-19)24(27)28)20-15-29-22(23(20)26,16-7-3-1-4-8-16)17-9-5-2-6-10-17/h1-14,20H,15H2/q+1. The third-order valence-corrected chi connectivity index (χ3v) is 4.91. The van der Waals surface area contributed by atoms with Gasteiger partial charge in [-0.1, -0.05) is 36.4 Å². The zero-order valence-corrected chi connectivity index (χ0v) is 15.7. The lowest BCUT2D eigenvalue weighted by molar-refractivity contribution is -0.652. The van der Waals surface area contributed by atoms with Crippen LogP contribution in [0.4, 0.5) is 5.69 Å². The van der Waals surface area contributed by atoms with Crippen LogP contribution in [-0.4, -0.2) is 28.3 Å². The van der Waals surface area contributed by atoms with Crippen molar-refractivity contribution < 1.29 is 24.0 Å². The second kappa shape index (κ2) is 7.84. The van der Waals surface area contributed by atoms with E-state index in [1.54, 1.807) is 48.5 Å². The highest BCUT2D eigenvalue weighted by atomic mass is 16.6. The summed E-state index contributed by atoms with van der Waals surface area (Å²) in [5, 5.41) is 10.8. The van der Waals surface area contributed by atoms with E-state index in [0.29, 0.717) is 15.9 Å². The van der Waals surface area contributed by atoms with Crippen molar-refractivity contribution in [3.8, 4) is 5.75 Å². The monoisotopic (exact) mass is 405 g/mol. The number of rotatable bonds is 5. The first kappa shape index (κ1) is 19.4. The smallest absolute Gasteiger partial charge is 0.388 e. The Kier molecular flexibility index (Phi) is 5.07. The van der Waals surface area contributed by atoms with Crippen LogP contribution in [0.15, 0.2) is 84.9 Å². The number of nitro benzene ring substituents is 1. The molecular formula is C22H17N2O6+. The van der Waals surface area contributed by atoms with Gasteiger partial charge in [-0.15, -0.1) is 0 Å². The molecule has 1 saturated heterocycles. The Hall–Kier alpha value is -3.91. The highest BCUT2D eigenvalue weighted by Gasteiger charge is 2.63. The number of esters is 1. The third-order valence-electron chi connectivity index (χ3n) is 4.91. The predicted molar refractivity (Wildman–Crippen MR) is 106 cm³/mol. The number of nitro groups is 1. The Bertz CT molecular complexity index is 1040. The number of nitroso groups, excluding NO2 is 1. The highest BCUT2D eigenvalue weighted by molar-refractivity contribution is 5.77. The molecule has 0 saturated carbocycles. The molecular weight excluding hydrogens is 388 g/mol. The van der Waals surface area contributed by atoms with Gasteiger partial charge in [0.1, 0.15) is 12.4 Å². The fourth-order valence-electron chi connectivity index (χ4n) is 3.45. The number of ether oxygens (including phenoxy) is 2. The first-order chi connectivity index (χ1) is 14.5. The van der Waals surface area contributed by atoms with Gasteiger partial charge in [0.05, 0.1) is 20.8 Å². The molecule has 8 heteroatoms. The quantitative estimate of drug-likeness (QED) is 0.212. The van der Waals surface area contributed by atoms with Crippen LogP contribution < -0.4 is 4.74 Å². The Balaban J connectivity index is 1.63. The molecule has 0 aromatic heterocycles. The maximum absolute atomic E-state index is 13.4. The lowest BCUT2D eigenvalue weighted by Crippen LogP contribution is -2.42. The first-order valence-corrected chi connectivity index (χ1v) is 9.20. The molecule has 1 aliphatic rings. The van der Waals surface area contributed by atoms with Crippen molar-refractivity contribution in [3.63, 3.8) is 0 Å². The summed E-state index contributed by atoms with van der Waals surface area (Å²) in [7, 11) is 0. The number of nitrogens with zero attached hydrogens (tertiary/aromatic N) is 2. The van der Waals surface area contributed by atoms with Gasteiger partial charge in [-0.25, -0.2) is 4.79 Å². The average Bonchev–Trinajstić information content (AvgIpc) is 3.13. The summed E-state index contributed by atoms with van der Waals surface area (Å²) in [4.78, 5) is 36.3. The average molecular weight is 405 g/mol. The molecule has 3 aromatic carbocycles. The Morgan fingerprint density at radius 3 is 2.00 bits per heavy atom. The van der Waals surface area contributed by atoms with E-state index in [2.05, 4.69) is 0 Å². The van der Waals surface area contributed by atoms with Crippen molar-refractivity contribution >= 4 is 11.7 Å². The second-order valence-corrected chi connectivity index (χ2v) is 6.70. The van der Waals surface area contributed by atoms with Crippen LogP contribution in [0.3, 0.4) is 0 Å². The van der Waals surface area contributed by atoms with Crippen LogP contribution in [0.1, 0.15) is 11.1 Å². The Morgan fingerprint density at radius 1 is 0.967 bits per heavy atom. The zero-order valence-electron chi connectivity index (χ0n) is 15.7. The second-order valence-electron chi connectivity index (χ2n) is 6.70. The van der Waals surface area contributed by atoms with Crippen molar-refractivity contribution in [1.29, 1.82) is 0 Å². The van der Waals surface area contributed by atoms with E-state index in [4.69, 9.17) is 9.47 Å². The number of non-ortho nitro benzene ring substituents is 1. The van der Waals surface area contributed by atoms with E-state index < -0.39 is 22.7 Å². The van der Waals surface area contributed by atoms with Gasteiger partial charge in [0.2, 0.25) is 0 Å². The molecule has 3 aromatic rings. The zero-order chi connectivity index (χ0) is 21.1. The van der Waals surface area contributed by atoms with E-state index in [1.807, 2.05) is 12.1 Å². The minimum absolute atomic E-state index is 0.107. The van der Waals surface area contributed by atoms with Crippen LogP contribution >= 0.6 is 0 Å². The molecule has 1 heterocycles.